The molecule has 2 amide bonds. The van der Waals surface area contributed by atoms with Gasteiger partial charge in [-0.05, 0) is 50.8 Å². The third-order valence-electron chi connectivity index (χ3n) is 6.01. The van der Waals surface area contributed by atoms with Crippen molar-refractivity contribution in [1.82, 2.24) is 15.3 Å². The zero-order valence-electron chi connectivity index (χ0n) is 24.4. The first-order valence-corrected chi connectivity index (χ1v) is 13.1. The van der Waals surface area contributed by atoms with Gasteiger partial charge in [-0.1, -0.05) is 46.0 Å². The van der Waals surface area contributed by atoms with Crippen LogP contribution in [0.5, 0.6) is 5.75 Å². The van der Waals surface area contributed by atoms with Crippen LogP contribution in [0.25, 0.3) is 0 Å². The van der Waals surface area contributed by atoms with Gasteiger partial charge in [-0.3, -0.25) is 9.59 Å². The van der Waals surface area contributed by atoms with E-state index in [1.165, 1.54) is 59.1 Å². The molecule has 1 fully saturated rings. The average Bonchev–Trinajstić information content (AvgIpc) is 2.83. The van der Waals surface area contributed by atoms with Crippen molar-refractivity contribution in [3.8, 4) is 5.75 Å². The van der Waals surface area contributed by atoms with Crippen LogP contribution in [0.2, 0.25) is 0 Å². The number of amides is 2. The Morgan fingerprint density at radius 2 is 1.68 bits per heavy atom. The first-order chi connectivity index (χ1) is 18.1. The number of nitrogens with two attached hydrogens (primary N) is 1. The van der Waals surface area contributed by atoms with E-state index >= 15 is 0 Å². The monoisotopic (exact) mass is 587 g/mol. The molecule has 1 aliphatic rings. The number of ether oxygens (including phenoxy) is 1. The van der Waals surface area contributed by atoms with Gasteiger partial charge in [-0.15, -0.1) is 0 Å². The SMILES string of the molecule is CC(C)C1CCCCC1.CC(N)=O.COc1cc(C(=O)NC(C)C)ccc1Nc1ncc(C(F)(F)F)c(C)n1.S. The van der Waals surface area contributed by atoms with Crippen molar-refractivity contribution in [2.24, 2.45) is 17.6 Å². The number of hydrogen-bond donors (Lipinski definition) is 3. The number of halogens is 3. The summed E-state index contributed by atoms with van der Waals surface area (Å²) >= 11 is 0. The summed E-state index contributed by atoms with van der Waals surface area (Å²) in [7, 11) is 1.42. The maximum Gasteiger partial charge on any atom is 0.419 e. The minimum absolute atomic E-state index is 0. The summed E-state index contributed by atoms with van der Waals surface area (Å²) in [4.78, 5) is 28.8. The Hall–Kier alpha value is -3.02. The van der Waals surface area contributed by atoms with Crippen LogP contribution in [-0.2, 0) is 11.0 Å². The topological polar surface area (TPSA) is 119 Å². The lowest BCUT2D eigenvalue weighted by atomic mass is 9.82. The Bertz CT molecular complexity index is 1070. The number of nitrogens with one attached hydrogen (secondary N) is 2. The van der Waals surface area contributed by atoms with Crippen LogP contribution in [0.3, 0.4) is 0 Å². The fourth-order valence-electron chi connectivity index (χ4n) is 4.01. The lowest BCUT2D eigenvalue weighted by Gasteiger charge is -2.24. The van der Waals surface area contributed by atoms with E-state index in [4.69, 9.17) is 4.74 Å². The quantitative estimate of drug-likeness (QED) is 0.354. The number of hydrogen-bond acceptors (Lipinski definition) is 6. The van der Waals surface area contributed by atoms with Crippen molar-refractivity contribution in [2.75, 3.05) is 12.4 Å². The third-order valence-corrected chi connectivity index (χ3v) is 6.01. The van der Waals surface area contributed by atoms with Gasteiger partial charge in [-0.2, -0.15) is 26.7 Å². The molecule has 0 radical (unpaired) electrons. The number of alkyl halides is 3. The number of carbonyl (C=O) groups excluding carboxylic acids is 2. The molecule has 1 aromatic carbocycles. The fourth-order valence-corrected chi connectivity index (χ4v) is 4.01. The number of aryl methyl sites for hydroxylation is 1. The molecule has 4 N–H and O–H groups in total. The molecule has 0 spiro atoms. The van der Waals surface area contributed by atoms with Gasteiger partial charge >= 0.3 is 6.18 Å². The van der Waals surface area contributed by atoms with E-state index in [0.717, 1.165) is 18.0 Å². The van der Waals surface area contributed by atoms with Crippen LogP contribution < -0.4 is 21.1 Å². The second-order valence-electron chi connectivity index (χ2n) is 10.1. The van der Waals surface area contributed by atoms with Gasteiger partial charge in [0.25, 0.3) is 5.91 Å². The van der Waals surface area contributed by atoms with Crippen LogP contribution in [-0.4, -0.2) is 34.9 Å². The summed E-state index contributed by atoms with van der Waals surface area (Å²) in [5.41, 5.74) is 4.20. The average molecular weight is 588 g/mol. The van der Waals surface area contributed by atoms with E-state index in [0.29, 0.717) is 17.0 Å². The van der Waals surface area contributed by atoms with Crippen LogP contribution in [0, 0.1) is 18.8 Å². The summed E-state index contributed by atoms with van der Waals surface area (Å²) in [5.74, 6) is 1.73. The Morgan fingerprint density at radius 1 is 1.10 bits per heavy atom. The first-order valence-electron chi connectivity index (χ1n) is 13.1. The first kappa shape index (κ1) is 37.0. The molecule has 1 saturated carbocycles. The number of anilines is 2. The van der Waals surface area contributed by atoms with Crippen molar-refractivity contribution in [3.05, 3.63) is 41.2 Å². The second-order valence-corrected chi connectivity index (χ2v) is 10.1. The molecular weight excluding hydrogens is 543 g/mol. The molecule has 226 valence electrons. The second kappa shape index (κ2) is 17.6. The van der Waals surface area contributed by atoms with Gasteiger partial charge in [0.05, 0.1) is 24.1 Å². The maximum absolute atomic E-state index is 12.8. The van der Waals surface area contributed by atoms with Gasteiger partial charge in [0, 0.05) is 24.7 Å². The summed E-state index contributed by atoms with van der Waals surface area (Å²) in [6.07, 6.45) is 3.68. The van der Waals surface area contributed by atoms with Crippen molar-refractivity contribution in [1.29, 1.82) is 0 Å². The van der Waals surface area contributed by atoms with Gasteiger partial charge in [0.2, 0.25) is 11.9 Å². The molecule has 0 bridgehead atoms. The number of nitrogens with zero attached hydrogens (tertiary/aromatic N) is 2. The summed E-state index contributed by atoms with van der Waals surface area (Å²) in [6, 6.07) is 4.65. The molecular formula is C28H44F3N5O3S. The van der Waals surface area contributed by atoms with Crippen LogP contribution in [0.1, 0.15) is 88.3 Å². The maximum atomic E-state index is 12.8. The van der Waals surface area contributed by atoms with E-state index in [1.54, 1.807) is 12.1 Å². The third kappa shape index (κ3) is 13.4. The van der Waals surface area contributed by atoms with Crippen LogP contribution in [0.15, 0.2) is 24.4 Å². The van der Waals surface area contributed by atoms with Crippen molar-refractivity contribution < 1.29 is 27.5 Å². The molecule has 1 aliphatic carbocycles. The zero-order valence-corrected chi connectivity index (χ0v) is 25.4. The zero-order chi connectivity index (χ0) is 29.8. The predicted octanol–water partition coefficient (Wildman–Crippen LogP) is 6.52. The number of aromatic nitrogens is 2. The largest absolute Gasteiger partial charge is 0.495 e. The predicted molar refractivity (Wildman–Crippen MR) is 157 cm³/mol. The molecule has 1 heterocycles. The number of methoxy groups -OCH3 is 1. The van der Waals surface area contributed by atoms with Gasteiger partial charge < -0.3 is 21.1 Å². The molecule has 0 aliphatic heterocycles. The van der Waals surface area contributed by atoms with Crippen LogP contribution >= 0.6 is 13.5 Å². The molecule has 2 aromatic rings. The van der Waals surface area contributed by atoms with E-state index in [2.05, 4.69) is 40.2 Å². The molecule has 12 heteroatoms. The number of carbonyl (C=O) groups is 2. The minimum atomic E-state index is -4.51. The fraction of sp³-hybridized carbons (Fsp3) is 0.571. The van der Waals surface area contributed by atoms with E-state index in [1.807, 2.05) is 13.8 Å². The Kier molecular flexibility index (Phi) is 16.3. The van der Waals surface area contributed by atoms with Gasteiger partial charge in [0.1, 0.15) is 5.75 Å². The Labute approximate surface area is 242 Å². The molecule has 40 heavy (non-hydrogen) atoms. The Morgan fingerprint density at radius 3 is 2.10 bits per heavy atom. The van der Waals surface area contributed by atoms with E-state index in [9.17, 15) is 22.8 Å². The molecule has 0 atom stereocenters. The van der Waals surface area contributed by atoms with Gasteiger partial charge in [-0.25, -0.2) is 9.97 Å². The summed E-state index contributed by atoms with van der Waals surface area (Å²) < 4.78 is 43.6. The number of rotatable bonds is 6. The van der Waals surface area contributed by atoms with Crippen molar-refractivity contribution in [3.63, 3.8) is 0 Å². The smallest absolute Gasteiger partial charge is 0.419 e. The summed E-state index contributed by atoms with van der Waals surface area (Å²) in [6.45, 7) is 11.0. The highest BCUT2D eigenvalue weighted by molar-refractivity contribution is 7.59. The number of primary amides is 1. The molecule has 8 nitrogen and oxygen atoms in total. The molecule has 1 aromatic heterocycles. The summed E-state index contributed by atoms with van der Waals surface area (Å²) in [5, 5.41) is 5.56. The van der Waals surface area contributed by atoms with E-state index in [-0.39, 0.29) is 43.0 Å². The Balaban J connectivity index is 0.000000898. The van der Waals surface area contributed by atoms with Crippen molar-refractivity contribution in [2.45, 2.75) is 85.9 Å². The minimum Gasteiger partial charge on any atom is -0.495 e. The molecule has 0 unspecified atom stereocenters. The molecule has 3 rings (SSSR count). The highest BCUT2D eigenvalue weighted by Gasteiger charge is 2.33. The van der Waals surface area contributed by atoms with Crippen LogP contribution in [0.4, 0.5) is 24.8 Å². The lowest BCUT2D eigenvalue weighted by molar-refractivity contribution is -0.138. The van der Waals surface area contributed by atoms with Crippen molar-refractivity contribution >= 4 is 36.9 Å². The standard InChI is InChI=1S/C17H19F3N4O2.C9H18.C2H5NO.H2S/c1-9(2)22-15(25)11-5-6-13(14(7-11)26-4)24-16-21-8-12(10(3)23-16)17(18,19)20;1-8(2)9-6-4-3-5-7-9;1-2(3)4;/h5-9H,1-4H3,(H,22,25)(H,21,23,24);8-9H,3-7H2,1-2H3;1H3,(H2,3,4);1H2. The molecule has 0 saturated heterocycles. The van der Waals surface area contributed by atoms with Gasteiger partial charge in [0.15, 0.2) is 0 Å². The highest BCUT2D eigenvalue weighted by atomic mass is 32.1. The van der Waals surface area contributed by atoms with E-state index < -0.39 is 11.7 Å². The lowest BCUT2D eigenvalue weighted by Crippen LogP contribution is -2.30. The highest BCUT2D eigenvalue weighted by Crippen LogP contribution is 2.32. The normalized spacial score (nSPS) is 13.2. The number of benzene rings is 1.